The molecule has 1 aliphatic rings. The molecule has 2 amide bonds. The van der Waals surface area contributed by atoms with Gasteiger partial charge in [0.1, 0.15) is 0 Å². The van der Waals surface area contributed by atoms with E-state index in [2.05, 4.69) is 5.32 Å². The van der Waals surface area contributed by atoms with Gasteiger partial charge in [0.25, 0.3) is 0 Å². The van der Waals surface area contributed by atoms with E-state index in [1.807, 2.05) is 18.2 Å². The molecule has 0 aromatic heterocycles. The number of nitrogens with one attached hydrogen (secondary N) is 1. The Kier molecular flexibility index (Phi) is 3.10. The summed E-state index contributed by atoms with van der Waals surface area (Å²) >= 11 is 0. The molecule has 5 heteroatoms. The van der Waals surface area contributed by atoms with Gasteiger partial charge in [0, 0.05) is 18.2 Å². The van der Waals surface area contributed by atoms with Gasteiger partial charge in [0.2, 0.25) is 11.8 Å². The average molecular weight is 233 g/mol. The molecule has 0 saturated heterocycles. The highest BCUT2D eigenvalue weighted by atomic mass is 16.2. The molecule has 1 aromatic rings. The van der Waals surface area contributed by atoms with E-state index in [-0.39, 0.29) is 24.3 Å². The second-order valence-electron chi connectivity index (χ2n) is 4.25. The molecular weight excluding hydrogens is 218 g/mol. The Labute approximate surface area is 99.2 Å². The molecule has 1 heterocycles. The summed E-state index contributed by atoms with van der Waals surface area (Å²) in [5.41, 5.74) is 13.8. The lowest BCUT2D eigenvalue weighted by atomic mass is 9.99. The van der Waals surface area contributed by atoms with Gasteiger partial charge in [-0.2, -0.15) is 0 Å². The number of hydrogen-bond donors (Lipinski definition) is 3. The van der Waals surface area contributed by atoms with Crippen LogP contribution in [0.1, 0.15) is 30.0 Å². The molecule has 0 aliphatic carbocycles. The smallest absolute Gasteiger partial charge is 0.228 e. The van der Waals surface area contributed by atoms with Crippen LogP contribution in [-0.4, -0.2) is 11.8 Å². The van der Waals surface area contributed by atoms with E-state index in [1.165, 1.54) is 0 Å². The quantitative estimate of drug-likeness (QED) is 0.704. The minimum absolute atomic E-state index is 0.00265. The number of fused-ring (bicyclic) bond motifs is 1. The van der Waals surface area contributed by atoms with Crippen LogP contribution in [0.2, 0.25) is 0 Å². The van der Waals surface area contributed by atoms with Crippen LogP contribution in [-0.2, 0) is 16.0 Å². The lowest BCUT2D eigenvalue weighted by Crippen LogP contribution is -2.16. The Morgan fingerprint density at radius 3 is 2.94 bits per heavy atom. The van der Waals surface area contributed by atoms with Crippen LogP contribution < -0.4 is 16.8 Å². The van der Waals surface area contributed by atoms with E-state index in [0.29, 0.717) is 12.8 Å². The van der Waals surface area contributed by atoms with E-state index < -0.39 is 0 Å². The maximum atomic E-state index is 11.2. The molecule has 17 heavy (non-hydrogen) atoms. The van der Waals surface area contributed by atoms with E-state index in [9.17, 15) is 9.59 Å². The van der Waals surface area contributed by atoms with Crippen LogP contribution >= 0.6 is 0 Å². The van der Waals surface area contributed by atoms with Crippen molar-refractivity contribution in [3.05, 3.63) is 29.3 Å². The number of primary amides is 1. The van der Waals surface area contributed by atoms with Gasteiger partial charge in [-0.3, -0.25) is 9.59 Å². The molecule has 1 unspecified atom stereocenters. The predicted molar refractivity (Wildman–Crippen MR) is 64.1 cm³/mol. The molecule has 1 aromatic carbocycles. The minimum atomic E-state index is -0.349. The molecule has 90 valence electrons. The summed E-state index contributed by atoms with van der Waals surface area (Å²) in [6.45, 7) is 0. The Hall–Kier alpha value is -1.88. The Bertz CT molecular complexity index is 471. The van der Waals surface area contributed by atoms with Crippen molar-refractivity contribution in [3.8, 4) is 0 Å². The van der Waals surface area contributed by atoms with Gasteiger partial charge in [-0.15, -0.1) is 0 Å². The molecule has 2 rings (SSSR count). The van der Waals surface area contributed by atoms with Crippen molar-refractivity contribution < 1.29 is 9.59 Å². The van der Waals surface area contributed by atoms with Gasteiger partial charge >= 0.3 is 0 Å². The third kappa shape index (κ3) is 2.62. The summed E-state index contributed by atoms with van der Waals surface area (Å²) in [6, 6.07) is 5.41. The Morgan fingerprint density at radius 1 is 1.47 bits per heavy atom. The van der Waals surface area contributed by atoms with E-state index >= 15 is 0 Å². The summed E-state index contributed by atoms with van der Waals surface area (Å²) in [5.74, 6) is -0.346. The van der Waals surface area contributed by atoms with Crippen molar-refractivity contribution in [1.82, 2.24) is 0 Å². The van der Waals surface area contributed by atoms with Gasteiger partial charge < -0.3 is 16.8 Å². The second-order valence-corrected chi connectivity index (χ2v) is 4.25. The van der Waals surface area contributed by atoms with Crippen LogP contribution in [0.5, 0.6) is 0 Å². The normalized spacial score (nSPS) is 15.2. The summed E-state index contributed by atoms with van der Waals surface area (Å²) in [4.78, 5) is 21.9. The topological polar surface area (TPSA) is 98.2 Å². The highest BCUT2D eigenvalue weighted by Gasteiger charge is 2.18. The number of anilines is 1. The number of carbonyl (C=O) groups excluding carboxylic acids is 2. The Morgan fingerprint density at radius 2 is 2.24 bits per heavy atom. The van der Waals surface area contributed by atoms with Crippen molar-refractivity contribution in [3.63, 3.8) is 0 Å². The molecule has 0 spiro atoms. The van der Waals surface area contributed by atoms with Gasteiger partial charge in [0.05, 0.1) is 6.42 Å². The third-order valence-electron chi connectivity index (χ3n) is 2.88. The molecule has 1 aliphatic heterocycles. The van der Waals surface area contributed by atoms with Gasteiger partial charge in [-0.05, 0) is 23.6 Å². The molecule has 5 nitrogen and oxygen atoms in total. The molecule has 0 bridgehead atoms. The number of benzene rings is 1. The maximum absolute atomic E-state index is 11.2. The first-order chi connectivity index (χ1) is 8.06. The minimum Gasteiger partial charge on any atom is -0.370 e. The fourth-order valence-electron chi connectivity index (χ4n) is 1.94. The van der Waals surface area contributed by atoms with Gasteiger partial charge in [0.15, 0.2) is 0 Å². The van der Waals surface area contributed by atoms with E-state index in [1.54, 1.807) is 0 Å². The van der Waals surface area contributed by atoms with Crippen LogP contribution in [0.4, 0.5) is 5.69 Å². The van der Waals surface area contributed by atoms with Crippen LogP contribution in [0.3, 0.4) is 0 Å². The number of amides is 2. The summed E-state index contributed by atoms with van der Waals surface area (Å²) in [7, 11) is 0. The highest BCUT2D eigenvalue weighted by Crippen LogP contribution is 2.27. The lowest BCUT2D eigenvalue weighted by Gasteiger charge is -2.12. The monoisotopic (exact) mass is 233 g/mol. The number of nitrogens with two attached hydrogens (primary N) is 2. The number of hydrogen-bond acceptors (Lipinski definition) is 3. The van der Waals surface area contributed by atoms with Crippen molar-refractivity contribution >= 4 is 17.5 Å². The van der Waals surface area contributed by atoms with Crippen LogP contribution in [0, 0.1) is 0 Å². The van der Waals surface area contributed by atoms with Crippen molar-refractivity contribution in [1.29, 1.82) is 0 Å². The SMILES string of the molecule is NC(=O)CCC(N)c1ccc2c(c1)CC(=O)N2. The summed E-state index contributed by atoms with van der Waals surface area (Å²) in [5, 5.41) is 2.76. The molecular formula is C12H15N3O2. The lowest BCUT2D eigenvalue weighted by molar-refractivity contribution is -0.118. The summed E-state index contributed by atoms with van der Waals surface area (Å²) < 4.78 is 0. The first-order valence-corrected chi connectivity index (χ1v) is 5.53. The molecule has 0 radical (unpaired) electrons. The van der Waals surface area contributed by atoms with Crippen molar-refractivity contribution in [2.45, 2.75) is 25.3 Å². The first-order valence-electron chi connectivity index (χ1n) is 5.53. The zero-order chi connectivity index (χ0) is 12.4. The van der Waals surface area contributed by atoms with E-state index in [0.717, 1.165) is 16.8 Å². The second kappa shape index (κ2) is 4.55. The fraction of sp³-hybridized carbons (Fsp3) is 0.333. The van der Waals surface area contributed by atoms with E-state index in [4.69, 9.17) is 11.5 Å². The fourth-order valence-corrected chi connectivity index (χ4v) is 1.94. The molecule has 0 fully saturated rings. The Balaban J connectivity index is 2.10. The predicted octanol–water partition coefficient (Wildman–Crippen LogP) is 0.447. The average Bonchev–Trinajstić information content (AvgIpc) is 2.64. The van der Waals surface area contributed by atoms with Gasteiger partial charge in [-0.25, -0.2) is 0 Å². The maximum Gasteiger partial charge on any atom is 0.228 e. The van der Waals surface area contributed by atoms with Crippen molar-refractivity contribution in [2.24, 2.45) is 11.5 Å². The third-order valence-corrected chi connectivity index (χ3v) is 2.88. The van der Waals surface area contributed by atoms with Gasteiger partial charge in [-0.1, -0.05) is 12.1 Å². The number of carbonyl (C=O) groups is 2. The molecule has 1 atom stereocenters. The largest absolute Gasteiger partial charge is 0.370 e. The van der Waals surface area contributed by atoms with Crippen molar-refractivity contribution in [2.75, 3.05) is 5.32 Å². The standard InChI is InChI=1S/C12H15N3O2/c13-9(2-4-11(14)16)7-1-3-10-8(5-7)6-12(17)15-10/h1,3,5,9H,2,4,6,13H2,(H2,14,16)(H,15,17). The summed E-state index contributed by atoms with van der Waals surface area (Å²) in [6.07, 6.45) is 1.19. The van der Waals surface area contributed by atoms with Crippen LogP contribution in [0.25, 0.3) is 0 Å². The zero-order valence-electron chi connectivity index (χ0n) is 9.40. The van der Waals surface area contributed by atoms with Crippen LogP contribution in [0.15, 0.2) is 18.2 Å². The first kappa shape index (κ1) is 11.6. The zero-order valence-corrected chi connectivity index (χ0v) is 9.40. The molecule has 5 N–H and O–H groups in total. The number of rotatable bonds is 4. The molecule has 0 saturated carbocycles. The highest BCUT2D eigenvalue weighted by molar-refractivity contribution is 5.99.